The molecule has 4 amide bonds. The summed E-state index contributed by atoms with van der Waals surface area (Å²) in [5.74, 6) is 0.600. The van der Waals surface area contributed by atoms with Crippen LogP contribution in [0, 0.1) is 5.92 Å². The molecule has 0 saturated carbocycles. The molecule has 3 heterocycles. The minimum atomic E-state index is -1.13. The van der Waals surface area contributed by atoms with Crippen LogP contribution in [0.25, 0.3) is 10.9 Å². The Morgan fingerprint density at radius 2 is 1.91 bits per heavy atom. The van der Waals surface area contributed by atoms with Gasteiger partial charge in [0.25, 0.3) is 11.8 Å². The third kappa shape index (κ3) is 3.16. The Hall–Kier alpha value is -3.81. The van der Waals surface area contributed by atoms with Gasteiger partial charge in [-0.3, -0.25) is 9.59 Å². The van der Waals surface area contributed by atoms with E-state index in [4.69, 9.17) is 4.74 Å². The Labute approximate surface area is 197 Å². The summed E-state index contributed by atoms with van der Waals surface area (Å²) in [4.78, 5) is 45.8. The van der Waals surface area contributed by atoms with Crippen molar-refractivity contribution in [3.05, 3.63) is 59.3 Å². The van der Waals surface area contributed by atoms with Crippen LogP contribution in [0.2, 0.25) is 0 Å². The molecule has 0 spiro atoms. The number of rotatable bonds is 5. The van der Waals surface area contributed by atoms with Crippen LogP contribution in [0.4, 0.5) is 10.5 Å². The van der Waals surface area contributed by atoms with Gasteiger partial charge in [-0.25, -0.2) is 9.69 Å². The smallest absolute Gasteiger partial charge is 0.332 e. The number of H-pyrrole nitrogens is 1. The summed E-state index contributed by atoms with van der Waals surface area (Å²) >= 11 is 0. The van der Waals surface area contributed by atoms with Crippen LogP contribution in [0.3, 0.4) is 0 Å². The summed E-state index contributed by atoms with van der Waals surface area (Å²) in [6.07, 6.45) is 0.639. The lowest BCUT2D eigenvalue weighted by molar-refractivity contribution is -0.125. The SMILES string of the molecule is COc1ccc2[nH]c3c(c2c1)CCN1C(=O)N(c2ccc(C(=O)NCC(C)C)cc2)C(=O)C31C. The highest BCUT2D eigenvalue weighted by Gasteiger charge is 2.59. The van der Waals surface area contributed by atoms with Gasteiger partial charge in [-0.2, -0.15) is 0 Å². The molecule has 0 radical (unpaired) electrons. The lowest BCUT2D eigenvalue weighted by Gasteiger charge is -2.35. The van der Waals surface area contributed by atoms with E-state index < -0.39 is 5.54 Å². The number of carbonyl (C=O) groups excluding carboxylic acids is 3. The lowest BCUT2D eigenvalue weighted by atomic mass is 9.87. The first-order valence-electron chi connectivity index (χ1n) is 11.5. The molecule has 1 aromatic heterocycles. The van der Waals surface area contributed by atoms with Crippen molar-refractivity contribution in [1.82, 2.24) is 15.2 Å². The zero-order valence-corrected chi connectivity index (χ0v) is 19.8. The van der Waals surface area contributed by atoms with Crippen molar-refractivity contribution in [2.75, 3.05) is 25.1 Å². The van der Waals surface area contributed by atoms with Crippen LogP contribution < -0.4 is 15.0 Å². The fourth-order valence-corrected chi connectivity index (χ4v) is 4.93. The molecule has 2 aliphatic heterocycles. The number of aromatic amines is 1. The molecular formula is C26H28N4O4. The monoisotopic (exact) mass is 460 g/mol. The Morgan fingerprint density at radius 3 is 2.59 bits per heavy atom. The van der Waals surface area contributed by atoms with E-state index in [1.165, 1.54) is 4.90 Å². The fraction of sp³-hybridized carbons (Fsp3) is 0.346. The van der Waals surface area contributed by atoms with Gasteiger partial charge in [0, 0.05) is 29.6 Å². The number of nitrogens with one attached hydrogen (secondary N) is 2. The van der Waals surface area contributed by atoms with Crippen LogP contribution in [0.5, 0.6) is 5.75 Å². The number of nitrogens with zero attached hydrogens (tertiary/aromatic N) is 2. The van der Waals surface area contributed by atoms with E-state index in [2.05, 4.69) is 10.3 Å². The fourth-order valence-electron chi connectivity index (χ4n) is 4.93. The van der Waals surface area contributed by atoms with E-state index in [-0.39, 0.29) is 17.8 Å². The molecular weight excluding hydrogens is 432 g/mol. The highest BCUT2D eigenvalue weighted by atomic mass is 16.5. The largest absolute Gasteiger partial charge is 0.497 e. The number of benzene rings is 2. The quantitative estimate of drug-likeness (QED) is 0.566. The number of aromatic nitrogens is 1. The van der Waals surface area contributed by atoms with E-state index in [9.17, 15) is 14.4 Å². The van der Waals surface area contributed by atoms with E-state index in [1.807, 2.05) is 32.0 Å². The zero-order valence-electron chi connectivity index (χ0n) is 19.8. The van der Waals surface area contributed by atoms with Crippen molar-refractivity contribution in [2.45, 2.75) is 32.7 Å². The molecule has 1 atom stereocenters. The number of methoxy groups -OCH3 is 1. The predicted octanol–water partition coefficient (Wildman–Crippen LogP) is 3.80. The summed E-state index contributed by atoms with van der Waals surface area (Å²) in [5, 5.41) is 3.88. The molecule has 8 nitrogen and oxygen atoms in total. The van der Waals surface area contributed by atoms with E-state index >= 15 is 0 Å². The highest BCUT2D eigenvalue weighted by Crippen LogP contribution is 2.45. The average Bonchev–Trinajstić information content (AvgIpc) is 3.30. The molecule has 1 fully saturated rings. The topological polar surface area (TPSA) is 94.7 Å². The Balaban J connectivity index is 1.49. The molecule has 0 bridgehead atoms. The van der Waals surface area contributed by atoms with Gasteiger partial charge in [0.1, 0.15) is 5.75 Å². The molecule has 34 heavy (non-hydrogen) atoms. The third-order valence-electron chi connectivity index (χ3n) is 6.83. The lowest BCUT2D eigenvalue weighted by Crippen LogP contribution is -2.49. The van der Waals surface area contributed by atoms with E-state index in [0.29, 0.717) is 36.7 Å². The number of urea groups is 1. The van der Waals surface area contributed by atoms with Gasteiger partial charge in [-0.15, -0.1) is 0 Å². The second-order valence-electron chi connectivity index (χ2n) is 9.44. The van der Waals surface area contributed by atoms with Crippen LogP contribution >= 0.6 is 0 Å². The average molecular weight is 461 g/mol. The van der Waals surface area contributed by atoms with Crippen molar-refractivity contribution >= 4 is 34.4 Å². The summed E-state index contributed by atoms with van der Waals surface area (Å²) < 4.78 is 5.38. The molecule has 8 heteroatoms. The molecule has 2 aromatic carbocycles. The molecule has 176 valence electrons. The van der Waals surface area contributed by atoms with Gasteiger partial charge in [-0.05, 0) is 67.3 Å². The van der Waals surface area contributed by atoms with Crippen LogP contribution in [0.1, 0.15) is 42.4 Å². The number of carbonyl (C=O) groups is 3. The first-order chi connectivity index (χ1) is 16.3. The summed E-state index contributed by atoms with van der Waals surface area (Å²) in [6, 6.07) is 12.0. The number of anilines is 1. The van der Waals surface area contributed by atoms with Gasteiger partial charge < -0.3 is 19.9 Å². The number of hydrogen-bond donors (Lipinski definition) is 2. The van der Waals surface area contributed by atoms with Crippen molar-refractivity contribution in [2.24, 2.45) is 5.92 Å². The van der Waals surface area contributed by atoms with Gasteiger partial charge >= 0.3 is 6.03 Å². The first kappa shape index (κ1) is 22.0. The second-order valence-corrected chi connectivity index (χ2v) is 9.44. The Morgan fingerprint density at radius 1 is 1.18 bits per heavy atom. The van der Waals surface area contributed by atoms with Gasteiger partial charge in [0.05, 0.1) is 18.5 Å². The normalized spacial score (nSPS) is 19.6. The van der Waals surface area contributed by atoms with Gasteiger partial charge in [0.15, 0.2) is 5.54 Å². The maximum Gasteiger partial charge on any atom is 0.332 e. The predicted molar refractivity (Wildman–Crippen MR) is 129 cm³/mol. The second kappa shape index (κ2) is 7.90. The third-order valence-corrected chi connectivity index (χ3v) is 6.83. The van der Waals surface area contributed by atoms with E-state index in [1.54, 1.807) is 43.2 Å². The Bertz CT molecular complexity index is 1310. The van der Waals surface area contributed by atoms with Gasteiger partial charge in [-0.1, -0.05) is 13.8 Å². The first-order valence-corrected chi connectivity index (χ1v) is 11.5. The Kier molecular flexibility index (Phi) is 5.11. The van der Waals surface area contributed by atoms with Crippen LogP contribution in [-0.2, 0) is 16.8 Å². The number of imide groups is 1. The number of amides is 4. The van der Waals surface area contributed by atoms with Crippen molar-refractivity contribution in [3.8, 4) is 5.75 Å². The maximum atomic E-state index is 13.8. The van der Waals surface area contributed by atoms with E-state index in [0.717, 1.165) is 27.9 Å². The standard InChI is InChI=1S/C26H28N4O4/c1-15(2)14-27-23(31)16-5-7-17(8-6-16)30-24(32)26(3)22-19(11-12-29(26)25(30)33)20-13-18(34-4)9-10-21(20)28-22/h5-10,13,15,28H,11-12,14H2,1-4H3,(H,27,31). The van der Waals surface area contributed by atoms with Gasteiger partial charge in [0.2, 0.25) is 0 Å². The molecule has 2 N–H and O–H groups in total. The van der Waals surface area contributed by atoms with Crippen molar-refractivity contribution in [1.29, 1.82) is 0 Å². The molecule has 1 unspecified atom stereocenters. The molecule has 1 saturated heterocycles. The number of hydrogen-bond acceptors (Lipinski definition) is 4. The minimum Gasteiger partial charge on any atom is -0.497 e. The molecule has 5 rings (SSSR count). The number of fused-ring (bicyclic) bond motifs is 5. The van der Waals surface area contributed by atoms with Crippen molar-refractivity contribution < 1.29 is 19.1 Å². The molecule has 0 aliphatic carbocycles. The summed E-state index contributed by atoms with van der Waals surface area (Å²) in [6.45, 7) is 6.86. The summed E-state index contributed by atoms with van der Waals surface area (Å²) in [7, 11) is 1.62. The molecule has 3 aromatic rings. The molecule has 2 aliphatic rings. The highest BCUT2D eigenvalue weighted by molar-refractivity contribution is 6.23. The van der Waals surface area contributed by atoms with Crippen molar-refractivity contribution in [3.63, 3.8) is 0 Å². The number of ether oxygens (including phenoxy) is 1. The summed E-state index contributed by atoms with van der Waals surface area (Å²) in [5.41, 5.74) is 2.49. The van der Waals surface area contributed by atoms with Crippen LogP contribution in [0.15, 0.2) is 42.5 Å². The minimum absolute atomic E-state index is 0.179. The van der Waals surface area contributed by atoms with Crippen LogP contribution in [-0.4, -0.2) is 47.9 Å². The zero-order chi connectivity index (χ0) is 24.2. The maximum absolute atomic E-state index is 13.8.